The van der Waals surface area contributed by atoms with Gasteiger partial charge in [0.25, 0.3) is 0 Å². The number of nitrogens with zero attached hydrogens (tertiary/aromatic N) is 1. The third kappa shape index (κ3) is 3.39. The SMILES string of the molecule is Cc1cc(Br)cc(CN)c1OCCN1CCNC1=O. The third-order valence-electron chi connectivity index (χ3n) is 3.09. The average molecular weight is 328 g/mol. The average Bonchev–Trinajstić information content (AvgIpc) is 2.77. The van der Waals surface area contributed by atoms with Gasteiger partial charge in [0.15, 0.2) is 0 Å². The van der Waals surface area contributed by atoms with Gasteiger partial charge in [-0.1, -0.05) is 15.9 Å². The topological polar surface area (TPSA) is 67.6 Å². The molecule has 1 heterocycles. The van der Waals surface area contributed by atoms with Crippen LogP contribution in [0.5, 0.6) is 5.75 Å². The van der Waals surface area contributed by atoms with Gasteiger partial charge in [0, 0.05) is 29.7 Å². The molecule has 0 bridgehead atoms. The molecular weight excluding hydrogens is 310 g/mol. The minimum Gasteiger partial charge on any atom is -0.491 e. The first-order valence-electron chi connectivity index (χ1n) is 6.26. The molecular formula is C13H18BrN3O2. The summed E-state index contributed by atoms with van der Waals surface area (Å²) >= 11 is 3.45. The number of carbonyl (C=O) groups excluding carboxylic acids is 1. The summed E-state index contributed by atoms with van der Waals surface area (Å²) in [4.78, 5) is 13.1. The monoisotopic (exact) mass is 327 g/mol. The summed E-state index contributed by atoms with van der Waals surface area (Å²) in [7, 11) is 0. The van der Waals surface area contributed by atoms with Crippen molar-refractivity contribution in [2.45, 2.75) is 13.5 Å². The third-order valence-corrected chi connectivity index (χ3v) is 3.55. The van der Waals surface area contributed by atoms with Gasteiger partial charge in [-0.25, -0.2) is 4.79 Å². The van der Waals surface area contributed by atoms with Gasteiger partial charge in [0.2, 0.25) is 0 Å². The van der Waals surface area contributed by atoms with Gasteiger partial charge in [-0.3, -0.25) is 0 Å². The molecule has 1 aliphatic heterocycles. The summed E-state index contributed by atoms with van der Waals surface area (Å²) < 4.78 is 6.80. The Bertz CT molecular complexity index is 479. The van der Waals surface area contributed by atoms with Crippen LogP contribution < -0.4 is 15.8 Å². The molecule has 1 saturated heterocycles. The molecule has 0 unspecified atom stereocenters. The van der Waals surface area contributed by atoms with Crippen LogP contribution in [0.15, 0.2) is 16.6 Å². The van der Waals surface area contributed by atoms with E-state index in [1.165, 1.54) is 0 Å². The zero-order valence-electron chi connectivity index (χ0n) is 10.9. The highest BCUT2D eigenvalue weighted by molar-refractivity contribution is 9.10. The smallest absolute Gasteiger partial charge is 0.317 e. The molecule has 0 aliphatic carbocycles. The van der Waals surface area contributed by atoms with Crippen molar-refractivity contribution in [3.63, 3.8) is 0 Å². The second kappa shape index (κ2) is 6.25. The molecule has 104 valence electrons. The van der Waals surface area contributed by atoms with Crippen LogP contribution in [0.25, 0.3) is 0 Å². The van der Waals surface area contributed by atoms with Gasteiger partial charge in [-0.2, -0.15) is 0 Å². The number of halogens is 1. The molecule has 2 amide bonds. The fourth-order valence-electron chi connectivity index (χ4n) is 2.14. The Kier molecular flexibility index (Phi) is 4.66. The number of hydrogen-bond acceptors (Lipinski definition) is 3. The normalized spacial score (nSPS) is 14.7. The highest BCUT2D eigenvalue weighted by Crippen LogP contribution is 2.27. The maximum Gasteiger partial charge on any atom is 0.317 e. The lowest BCUT2D eigenvalue weighted by Crippen LogP contribution is -2.32. The number of rotatable bonds is 5. The predicted molar refractivity (Wildman–Crippen MR) is 77.2 cm³/mol. The number of aryl methyl sites for hydroxylation is 1. The first-order valence-corrected chi connectivity index (χ1v) is 7.06. The molecule has 0 spiro atoms. The molecule has 5 nitrogen and oxygen atoms in total. The standard InChI is InChI=1S/C13H18BrN3O2/c1-9-6-11(14)7-10(8-15)12(9)19-5-4-17-3-2-16-13(17)18/h6-7H,2-5,8,15H2,1H3,(H,16,18). The van der Waals surface area contributed by atoms with Crippen molar-refractivity contribution in [2.75, 3.05) is 26.2 Å². The van der Waals surface area contributed by atoms with Crippen LogP contribution in [-0.4, -0.2) is 37.2 Å². The zero-order chi connectivity index (χ0) is 13.8. The van der Waals surface area contributed by atoms with E-state index in [0.29, 0.717) is 26.2 Å². The van der Waals surface area contributed by atoms with Crippen LogP contribution in [0.2, 0.25) is 0 Å². The maximum atomic E-state index is 11.4. The van der Waals surface area contributed by atoms with Crippen molar-refractivity contribution in [1.29, 1.82) is 0 Å². The molecule has 1 aliphatic rings. The Hall–Kier alpha value is -1.27. The number of carbonyl (C=O) groups is 1. The molecule has 3 N–H and O–H groups in total. The quantitative estimate of drug-likeness (QED) is 0.863. The second-order valence-corrected chi connectivity index (χ2v) is 5.40. The largest absolute Gasteiger partial charge is 0.491 e. The van der Waals surface area contributed by atoms with Crippen LogP contribution in [0.1, 0.15) is 11.1 Å². The van der Waals surface area contributed by atoms with E-state index >= 15 is 0 Å². The molecule has 0 atom stereocenters. The van der Waals surface area contributed by atoms with Gasteiger partial charge in [-0.05, 0) is 24.6 Å². The molecule has 19 heavy (non-hydrogen) atoms. The lowest BCUT2D eigenvalue weighted by atomic mass is 10.1. The van der Waals surface area contributed by atoms with Crippen LogP contribution in [0.4, 0.5) is 4.79 Å². The summed E-state index contributed by atoms with van der Waals surface area (Å²) in [6, 6.07) is 3.94. The highest BCUT2D eigenvalue weighted by Gasteiger charge is 2.19. The Morgan fingerprint density at radius 3 is 2.95 bits per heavy atom. The number of nitrogens with one attached hydrogen (secondary N) is 1. The Labute approximate surface area is 121 Å². The molecule has 0 aromatic heterocycles. The number of amides is 2. The fourth-order valence-corrected chi connectivity index (χ4v) is 2.76. The number of hydrogen-bond donors (Lipinski definition) is 2. The van der Waals surface area contributed by atoms with E-state index in [4.69, 9.17) is 10.5 Å². The van der Waals surface area contributed by atoms with E-state index in [-0.39, 0.29) is 6.03 Å². The van der Waals surface area contributed by atoms with Gasteiger partial charge < -0.3 is 20.7 Å². The number of ether oxygens (including phenoxy) is 1. The van der Waals surface area contributed by atoms with Gasteiger partial charge in [-0.15, -0.1) is 0 Å². The van der Waals surface area contributed by atoms with Crippen molar-refractivity contribution in [3.8, 4) is 5.75 Å². The molecule has 1 aromatic rings. The van der Waals surface area contributed by atoms with Crippen LogP contribution >= 0.6 is 15.9 Å². The molecule has 0 saturated carbocycles. The van der Waals surface area contributed by atoms with Crippen molar-refractivity contribution >= 4 is 22.0 Å². The van der Waals surface area contributed by atoms with Crippen molar-refractivity contribution < 1.29 is 9.53 Å². The van der Waals surface area contributed by atoms with E-state index in [1.807, 2.05) is 19.1 Å². The first kappa shape index (κ1) is 14.1. The van der Waals surface area contributed by atoms with E-state index in [1.54, 1.807) is 4.90 Å². The molecule has 1 aromatic carbocycles. The predicted octanol–water partition coefficient (Wildman–Crippen LogP) is 1.62. The zero-order valence-corrected chi connectivity index (χ0v) is 12.5. The minimum atomic E-state index is -0.0184. The first-order chi connectivity index (χ1) is 9.11. The lowest BCUT2D eigenvalue weighted by Gasteiger charge is -2.17. The number of benzene rings is 1. The van der Waals surface area contributed by atoms with E-state index < -0.39 is 0 Å². The van der Waals surface area contributed by atoms with Gasteiger partial charge in [0.05, 0.1) is 6.54 Å². The maximum absolute atomic E-state index is 11.4. The van der Waals surface area contributed by atoms with E-state index in [9.17, 15) is 4.79 Å². The van der Waals surface area contributed by atoms with Crippen LogP contribution in [0.3, 0.4) is 0 Å². The second-order valence-electron chi connectivity index (χ2n) is 4.48. The number of nitrogens with two attached hydrogens (primary N) is 1. The fraction of sp³-hybridized carbons (Fsp3) is 0.462. The summed E-state index contributed by atoms with van der Waals surface area (Å²) in [5, 5.41) is 2.76. The molecule has 6 heteroatoms. The lowest BCUT2D eigenvalue weighted by molar-refractivity contribution is 0.202. The molecule has 2 rings (SSSR count). The van der Waals surface area contributed by atoms with E-state index in [2.05, 4.69) is 21.2 Å². The molecule has 0 radical (unpaired) electrons. The minimum absolute atomic E-state index is 0.0184. The Balaban J connectivity index is 1.97. The number of urea groups is 1. The summed E-state index contributed by atoms with van der Waals surface area (Å²) in [6.07, 6.45) is 0. The van der Waals surface area contributed by atoms with Crippen molar-refractivity contribution in [2.24, 2.45) is 5.73 Å². The van der Waals surface area contributed by atoms with Gasteiger partial charge in [0.1, 0.15) is 12.4 Å². The summed E-state index contributed by atoms with van der Waals surface area (Å²) in [5.74, 6) is 0.824. The summed E-state index contributed by atoms with van der Waals surface area (Å²) in [5.41, 5.74) is 7.74. The Morgan fingerprint density at radius 2 is 2.32 bits per heavy atom. The summed E-state index contributed by atoms with van der Waals surface area (Å²) in [6.45, 7) is 4.94. The van der Waals surface area contributed by atoms with Crippen LogP contribution in [-0.2, 0) is 6.54 Å². The van der Waals surface area contributed by atoms with Crippen molar-refractivity contribution in [3.05, 3.63) is 27.7 Å². The van der Waals surface area contributed by atoms with Gasteiger partial charge >= 0.3 is 6.03 Å². The van der Waals surface area contributed by atoms with Crippen molar-refractivity contribution in [1.82, 2.24) is 10.2 Å². The van der Waals surface area contributed by atoms with Crippen LogP contribution in [0, 0.1) is 6.92 Å². The molecule has 1 fully saturated rings. The highest BCUT2D eigenvalue weighted by atomic mass is 79.9. The Morgan fingerprint density at radius 1 is 1.53 bits per heavy atom. The van der Waals surface area contributed by atoms with E-state index in [0.717, 1.165) is 27.9 Å².